The van der Waals surface area contributed by atoms with Gasteiger partial charge in [-0.05, 0) is 19.3 Å². The molecule has 0 atom stereocenters. The Morgan fingerprint density at radius 1 is 1.44 bits per heavy atom. The van der Waals surface area contributed by atoms with Crippen LogP contribution in [0.15, 0.2) is 0 Å². The second-order valence-corrected chi connectivity index (χ2v) is 2.28. The van der Waals surface area contributed by atoms with Gasteiger partial charge in [0.15, 0.2) is 0 Å². The number of alkyl halides is 2. The summed E-state index contributed by atoms with van der Waals surface area (Å²) in [7, 11) is 0. The Labute approximate surface area is 53.0 Å². The van der Waals surface area contributed by atoms with Crippen LogP contribution >= 0.6 is 0 Å². The van der Waals surface area contributed by atoms with Crippen molar-refractivity contribution in [1.29, 1.82) is 0 Å². The molecule has 1 rings (SSSR count). The molecule has 1 aliphatic carbocycles. The molecule has 54 valence electrons. The maximum absolute atomic E-state index is 11.4. The summed E-state index contributed by atoms with van der Waals surface area (Å²) in [4.78, 5) is 0. The molecular weight excluding hydrogens is 126 g/mol. The molecule has 0 spiro atoms. The lowest BCUT2D eigenvalue weighted by molar-refractivity contribution is -0.0530. The molecule has 0 aliphatic heterocycles. The van der Waals surface area contributed by atoms with E-state index in [1.54, 1.807) is 0 Å². The number of hydrogen-bond acceptors (Lipinski definition) is 1. The van der Waals surface area contributed by atoms with Crippen molar-refractivity contribution in [3.05, 3.63) is 0 Å². The summed E-state index contributed by atoms with van der Waals surface area (Å²) < 4.78 is 27.7. The molecule has 9 heavy (non-hydrogen) atoms. The SMILES string of the molecule is FC(F)COC1CCC1. The summed E-state index contributed by atoms with van der Waals surface area (Å²) in [5.41, 5.74) is 0. The number of ether oxygens (including phenoxy) is 1. The standard InChI is InChI=1S/C6H10F2O/c7-6(8)4-9-5-2-1-3-5/h5-6H,1-4H2. The van der Waals surface area contributed by atoms with Gasteiger partial charge in [-0.3, -0.25) is 0 Å². The third kappa shape index (κ3) is 2.26. The van der Waals surface area contributed by atoms with Gasteiger partial charge in [0.2, 0.25) is 0 Å². The van der Waals surface area contributed by atoms with Crippen LogP contribution in [-0.2, 0) is 4.74 Å². The van der Waals surface area contributed by atoms with Crippen LogP contribution in [0, 0.1) is 0 Å². The Hall–Kier alpha value is -0.180. The Morgan fingerprint density at radius 3 is 2.44 bits per heavy atom. The molecule has 1 saturated carbocycles. The summed E-state index contributed by atoms with van der Waals surface area (Å²) in [6.45, 7) is -0.384. The Bertz CT molecular complexity index is 81.1. The topological polar surface area (TPSA) is 9.23 Å². The first-order chi connectivity index (χ1) is 4.29. The first kappa shape index (κ1) is 6.93. The second-order valence-electron chi connectivity index (χ2n) is 2.28. The quantitative estimate of drug-likeness (QED) is 0.575. The summed E-state index contributed by atoms with van der Waals surface area (Å²) >= 11 is 0. The fourth-order valence-electron chi connectivity index (χ4n) is 0.746. The van der Waals surface area contributed by atoms with Gasteiger partial charge >= 0.3 is 0 Å². The van der Waals surface area contributed by atoms with Crippen molar-refractivity contribution >= 4 is 0 Å². The van der Waals surface area contributed by atoms with Crippen molar-refractivity contribution in [1.82, 2.24) is 0 Å². The third-order valence-electron chi connectivity index (χ3n) is 1.51. The molecule has 0 aromatic heterocycles. The molecule has 0 heterocycles. The maximum atomic E-state index is 11.4. The van der Waals surface area contributed by atoms with E-state index in [0.717, 1.165) is 19.3 Å². The molecule has 1 fully saturated rings. The summed E-state index contributed by atoms with van der Waals surface area (Å²) in [5, 5.41) is 0. The zero-order chi connectivity index (χ0) is 6.69. The van der Waals surface area contributed by atoms with E-state index in [0.29, 0.717) is 0 Å². The predicted molar refractivity (Wildman–Crippen MR) is 29.6 cm³/mol. The predicted octanol–water partition coefficient (Wildman–Crippen LogP) is 1.82. The van der Waals surface area contributed by atoms with Crippen molar-refractivity contribution in [2.45, 2.75) is 31.8 Å². The average molecular weight is 136 g/mol. The normalized spacial score (nSPS) is 20.3. The van der Waals surface area contributed by atoms with E-state index in [2.05, 4.69) is 0 Å². The minimum Gasteiger partial charge on any atom is -0.372 e. The van der Waals surface area contributed by atoms with Gasteiger partial charge in [0.1, 0.15) is 6.61 Å². The Balaban J connectivity index is 1.91. The van der Waals surface area contributed by atoms with E-state index < -0.39 is 6.43 Å². The molecule has 1 aliphatic rings. The Kier molecular flexibility index (Phi) is 2.39. The first-order valence-corrected chi connectivity index (χ1v) is 3.19. The molecule has 0 bridgehead atoms. The number of rotatable bonds is 3. The van der Waals surface area contributed by atoms with E-state index in [9.17, 15) is 8.78 Å². The molecule has 1 nitrogen and oxygen atoms in total. The van der Waals surface area contributed by atoms with Crippen molar-refractivity contribution < 1.29 is 13.5 Å². The van der Waals surface area contributed by atoms with E-state index in [1.807, 2.05) is 0 Å². The molecule has 3 heteroatoms. The molecule has 0 N–H and O–H groups in total. The maximum Gasteiger partial charge on any atom is 0.261 e. The highest BCUT2D eigenvalue weighted by atomic mass is 19.3. The summed E-state index contributed by atoms with van der Waals surface area (Å²) in [6.07, 6.45) is 0.900. The second kappa shape index (κ2) is 3.11. The molecule has 0 aromatic carbocycles. The first-order valence-electron chi connectivity index (χ1n) is 3.19. The number of halogens is 2. The summed E-state index contributed by atoms with van der Waals surface area (Å²) in [6, 6.07) is 0. The van der Waals surface area contributed by atoms with Gasteiger partial charge in [-0.2, -0.15) is 0 Å². The fraction of sp³-hybridized carbons (Fsp3) is 1.00. The monoisotopic (exact) mass is 136 g/mol. The van der Waals surface area contributed by atoms with E-state index in [4.69, 9.17) is 4.74 Å². The molecule has 0 radical (unpaired) electrons. The van der Waals surface area contributed by atoms with Gasteiger partial charge in [0, 0.05) is 0 Å². The van der Waals surface area contributed by atoms with E-state index in [1.165, 1.54) is 0 Å². The Morgan fingerprint density at radius 2 is 2.11 bits per heavy atom. The average Bonchev–Trinajstić information content (AvgIpc) is 1.60. The van der Waals surface area contributed by atoms with Crippen LogP contribution in [0.4, 0.5) is 8.78 Å². The third-order valence-corrected chi connectivity index (χ3v) is 1.51. The molecule has 0 aromatic rings. The van der Waals surface area contributed by atoms with Gasteiger partial charge < -0.3 is 4.74 Å². The molecular formula is C6H10F2O. The van der Waals surface area contributed by atoms with Crippen molar-refractivity contribution in [3.8, 4) is 0 Å². The lowest BCUT2D eigenvalue weighted by atomic mass is 9.96. The van der Waals surface area contributed by atoms with Crippen LogP contribution in [0.5, 0.6) is 0 Å². The van der Waals surface area contributed by atoms with Crippen LogP contribution in [0.3, 0.4) is 0 Å². The van der Waals surface area contributed by atoms with Crippen LogP contribution in [0.1, 0.15) is 19.3 Å². The van der Waals surface area contributed by atoms with Crippen LogP contribution < -0.4 is 0 Å². The molecule has 0 unspecified atom stereocenters. The van der Waals surface area contributed by atoms with Crippen LogP contribution in [-0.4, -0.2) is 19.1 Å². The van der Waals surface area contributed by atoms with Gasteiger partial charge in [-0.25, -0.2) is 8.78 Å². The minimum absolute atomic E-state index is 0.138. The van der Waals surface area contributed by atoms with Gasteiger partial charge in [0.25, 0.3) is 6.43 Å². The lowest BCUT2D eigenvalue weighted by Gasteiger charge is -2.25. The number of hydrogen-bond donors (Lipinski definition) is 0. The van der Waals surface area contributed by atoms with E-state index >= 15 is 0 Å². The highest BCUT2D eigenvalue weighted by Gasteiger charge is 2.18. The minimum atomic E-state index is -2.30. The fourth-order valence-corrected chi connectivity index (χ4v) is 0.746. The molecule has 0 saturated heterocycles. The van der Waals surface area contributed by atoms with Crippen molar-refractivity contribution in [3.63, 3.8) is 0 Å². The van der Waals surface area contributed by atoms with Gasteiger partial charge in [-0.1, -0.05) is 0 Å². The van der Waals surface area contributed by atoms with E-state index in [-0.39, 0.29) is 12.7 Å². The largest absolute Gasteiger partial charge is 0.372 e. The van der Waals surface area contributed by atoms with Crippen LogP contribution in [0.2, 0.25) is 0 Å². The van der Waals surface area contributed by atoms with Crippen LogP contribution in [0.25, 0.3) is 0 Å². The smallest absolute Gasteiger partial charge is 0.261 e. The van der Waals surface area contributed by atoms with Crippen molar-refractivity contribution in [2.75, 3.05) is 6.61 Å². The molecule has 0 amide bonds. The highest BCUT2D eigenvalue weighted by Crippen LogP contribution is 2.22. The van der Waals surface area contributed by atoms with Gasteiger partial charge in [0.05, 0.1) is 6.10 Å². The zero-order valence-electron chi connectivity index (χ0n) is 5.15. The summed E-state index contributed by atoms with van der Waals surface area (Å²) in [5.74, 6) is 0. The van der Waals surface area contributed by atoms with Crippen molar-refractivity contribution in [2.24, 2.45) is 0 Å². The highest BCUT2D eigenvalue weighted by molar-refractivity contribution is 4.68. The zero-order valence-corrected chi connectivity index (χ0v) is 5.15. The van der Waals surface area contributed by atoms with Gasteiger partial charge in [-0.15, -0.1) is 0 Å². The lowest BCUT2D eigenvalue weighted by Crippen LogP contribution is -2.23.